The predicted octanol–water partition coefficient (Wildman–Crippen LogP) is 3.66. The Kier molecular flexibility index (Phi) is 4.39. The smallest absolute Gasteiger partial charge is 0.153 e. The van der Waals surface area contributed by atoms with Crippen molar-refractivity contribution in [2.75, 3.05) is 5.73 Å². The number of aryl methyl sites for hydroxylation is 1. The van der Waals surface area contributed by atoms with Crippen LogP contribution in [0.15, 0.2) is 24.3 Å². The Balaban J connectivity index is 1.71. The van der Waals surface area contributed by atoms with Gasteiger partial charge < -0.3 is 5.73 Å². The molecule has 3 rings (SSSR count). The third-order valence-corrected chi connectivity index (χ3v) is 5.22. The van der Waals surface area contributed by atoms with E-state index in [1.807, 2.05) is 12.1 Å². The first-order valence-corrected chi connectivity index (χ1v) is 8.56. The Hall–Kier alpha value is -1.55. The number of nitrogens with zero attached hydrogens (tertiary/aromatic N) is 3. The van der Waals surface area contributed by atoms with E-state index < -0.39 is 0 Å². The molecule has 1 aliphatic heterocycles. The van der Waals surface area contributed by atoms with Crippen LogP contribution in [0, 0.1) is 0 Å². The lowest BCUT2D eigenvalue weighted by atomic mass is 9.95. The minimum Gasteiger partial charge on any atom is -0.382 e. The molecule has 120 valence electrons. The van der Waals surface area contributed by atoms with Crippen LogP contribution in [0.1, 0.15) is 46.5 Å². The van der Waals surface area contributed by atoms with Gasteiger partial charge in [-0.05, 0) is 52.2 Å². The number of rotatable bonds is 4. The third-order valence-electron chi connectivity index (χ3n) is 5.22. The topological polar surface area (TPSA) is 47.1 Å². The number of likely N-dealkylation sites (tertiary alicyclic amines) is 1. The summed E-state index contributed by atoms with van der Waals surface area (Å²) in [5.74, 6) is 0.642. The number of hydrogen-bond donors (Lipinski definition) is 1. The summed E-state index contributed by atoms with van der Waals surface area (Å²) in [6, 6.07) is 10.2. The Morgan fingerprint density at radius 2 is 1.91 bits per heavy atom. The van der Waals surface area contributed by atoms with Gasteiger partial charge in [-0.1, -0.05) is 18.6 Å². The molecule has 4 nitrogen and oxygen atoms in total. The number of para-hydroxylation sites is 1. The van der Waals surface area contributed by atoms with Gasteiger partial charge in [0.05, 0.1) is 5.52 Å². The number of anilines is 1. The first-order chi connectivity index (χ1) is 10.6. The van der Waals surface area contributed by atoms with Crippen molar-refractivity contribution < 1.29 is 0 Å². The standard InChI is InChI=1S/C18H28N4/c1-13-7-6-8-14(2)22(13)15(3)11-12-21-17-10-5-4-9-16(17)18(19)20-21/h4-5,9-10,13-15H,6-8,11-12H2,1-3H3,(H2,19,20). The highest BCUT2D eigenvalue weighted by atomic mass is 15.3. The number of aromatic nitrogens is 2. The number of nitrogens with two attached hydrogens (primary N) is 1. The second-order valence-corrected chi connectivity index (χ2v) is 6.84. The maximum Gasteiger partial charge on any atom is 0.153 e. The van der Waals surface area contributed by atoms with Crippen LogP contribution >= 0.6 is 0 Å². The summed E-state index contributed by atoms with van der Waals surface area (Å²) in [7, 11) is 0. The lowest BCUT2D eigenvalue weighted by molar-refractivity contribution is 0.0567. The molecule has 2 aromatic rings. The normalized spacial score (nSPS) is 24.7. The molecule has 22 heavy (non-hydrogen) atoms. The molecule has 0 amide bonds. The minimum atomic E-state index is 0.578. The van der Waals surface area contributed by atoms with Crippen molar-refractivity contribution in [1.29, 1.82) is 0 Å². The van der Waals surface area contributed by atoms with Crippen LogP contribution in [-0.4, -0.2) is 32.8 Å². The average molecular weight is 300 g/mol. The van der Waals surface area contributed by atoms with Crippen molar-refractivity contribution in [3.63, 3.8) is 0 Å². The highest BCUT2D eigenvalue weighted by Gasteiger charge is 2.28. The highest BCUT2D eigenvalue weighted by molar-refractivity contribution is 5.88. The van der Waals surface area contributed by atoms with E-state index in [0.29, 0.717) is 23.9 Å². The van der Waals surface area contributed by atoms with E-state index >= 15 is 0 Å². The maximum absolute atomic E-state index is 6.03. The number of fused-ring (bicyclic) bond motifs is 1. The van der Waals surface area contributed by atoms with Gasteiger partial charge in [0, 0.05) is 30.1 Å². The SMILES string of the molecule is CC1CCCC(C)N1C(C)CCn1nc(N)c2ccccc21. The molecule has 3 unspecified atom stereocenters. The Morgan fingerprint density at radius 3 is 2.64 bits per heavy atom. The van der Waals surface area contributed by atoms with Crippen LogP contribution in [0.3, 0.4) is 0 Å². The van der Waals surface area contributed by atoms with Gasteiger partial charge >= 0.3 is 0 Å². The number of hydrogen-bond acceptors (Lipinski definition) is 3. The van der Waals surface area contributed by atoms with E-state index in [9.17, 15) is 0 Å². The second-order valence-electron chi connectivity index (χ2n) is 6.84. The van der Waals surface area contributed by atoms with Crippen molar-refractivity contribution in [3.8, 4) is 0 Å². The first kappa shape index (κ1) is 15.3. The fourth-order valence-electron chi connectivity index (χ4n) is 4.09. The van der Waals surface area contributed by atoms with Crippen LogP contribution in [0.25, 0.3) is 10.9 Å². The number of piperidine rings is 1. The molecule has 0 aliphatic carbocycles. The molecule has 1 fully saturated rings. The van der Waals surface area contributed by atoms with E-state index in [0.717, 1.165) is 23.9 Å². The molecule has 1 aliphatic rings. The van der Waals surface area contributed by atoms with Gasteiger partial charge in [-0.2, -0.15) is 5.10 Å². The van der Waals surface area contributed by atoms with Gasteiger partial charge in [0.25, 0.3) is 0 Å². The monoisotopic (exact) mass is 300 g/mol. The van der Waals surface area contributed by atoms with Gasteiger partial charge in [-0.3, -0.25) is 9.58 Å². The van der Waals surface area contributed by atoms with E-state index in [2.05, 4.69) is 47.6 Å². The summed E-state index contributed by atoms with van der Waals surface area (Å²) in [6.07, 6.45) is 5.13. The fraction of sp³-hybridized carbons (Fsp3) is 0.611. The molecule has 1 saturated heterocycles. The quantitative estimate of drug-likeness (QED) is 0.937. The van der Waals surface area contributed by atoms with Gasteiger partial charge in [0.2, 0.25) is 0 Å². The van der Waals surface area contributed by atoms with Crippen LogP contribution in [0.5, 0.6) is 0 Å². The zero-order valence-corrected chi connectivity index (χ0v) is 14.0. The van der Waals surface area contributed by atoms with Gasteiger partial charge in [0.15, 0.2) is 5.82 Å². The molecule has 4 heteroatoms. The minimum absolute atomic E-state index is 0.578. The lowest BCUT2D eigenvalue weighted by Crippen LogP contribution is -2.49. The van der Waals surface area contributed by atoms with Crippen LogP contribution < -0.4 is 5.73 Å². The van der Waals surface area contributed by atoms with Crippen molar-refractivity contribution in [2.45, 2.75) is 71.1 Å². The summed E-state index contributed by atoms with van der Waals surface area (Å²) < 4.78 is 2.07. The molecule has 2 heterocycles. The zero-order chi connectivity index (χ0) is 15.7. The fourth-order valence-corrected chi connectivity index (χ4v) is 4.09. The third kappa shape index (κ3) is 2.84. The highest BCUT2D eigenvalue weighted by Crippen LogP contribution is 2.27. The molecule has 0 radical (unpaired) electrons. The summed E-state index contributed by atoms with van der Waals surface area (Å²) in [4.78, 5) is 2.69. The van der Waals surface area contributed by atoms with Crippen LogP contribution in [-0.2, 0) is 6.54 Å². The van der Waals surface area contributed by atoms with Crippen molar-refractivity contribution in [2.24, 2.45) is 0 Å². The zero-order valence-electron chi connectivity index (χ0n) is 14.0. The molecule has 3 atom stereocenters. The van der Waals surface area contributed by atoms with E-state index in [-0.39, 0.29) is 0 Å². The summed E-state index contributed by atoms with van der Waals surface area (Å²) >= 11 is 0. The largest absolute Gasteiger partial charge is 0.382 e. The van der Waals surface area contributed by atoms with Gasteiger partial charge in [0.1, 0.15) is 0 Å². The molecular formula is C18H28N4. The summed E-state index contributed by atoms with van der Waals surface area (Å²) in [5, 5.41) is 5.59. The van der Waals surface area contributed by atoms with Gasteiger partial charge in [-0.25, -0.2) is 0 Å². The van der Waals surface area contributed by atoms with Crippen LogP contribution in [0.4, 0.5) is 5.82 Å². The lowest BCUT2D eigenvalue weighted by Gasteiger charge is -2.43. The summed E-state index contributed by atoms with van der Waals surface area (Å²) in [5.41, 5.74) is 7.17. The summed E-state index contributed by atoms with van der Waals surface area (Å²) in [6.45, 7) is 8.02. The molecule has 1 aromatic carbocycles. The Morgan fingerprint density at radius 1 is 1.23 bits per heavy atom. The number of benzene rings is 1. The average Bonchev–Trinajstić information content (AvgIpc) is 2.82. The molecule has 1 aromatic heterocycles. The molecule has 0 saturated carbocycles. The maximum atomic E-state index is 6.03. The molecule has 2 N–H and O–H groups in total. The predicted molar refractivity (Wildman–Crippen MR) is 92.8 cm³/mol. The molecule has 0 bridgehead atoms. The van der Waals surface area contributed by atoms with Crippen molar-refractivity contribution in [1.82, 2.24) is 14.7 Å². The Bertz CT molecular complexity index is 623. The Labute approximate surface area is 133 Å². The van der Waals surface area contributed by atoms with Crippen molar-refractivity contribution >= 4 is 16.7 Å². The first-order valence-electron chi connectivity index (χ1n) is 8.56. The molecular weight excluding hydrogens is 272 g/mol. The second kappa shape index (κ2) is 6.29. The van der Waals surface area contributed by atoms with Crippen LogP contribution in [0.2, 0.25) is 0 Å². The molecule has 0 spiro atoms. The van der Waals surface area contributed by atoms with E-state index in [4.69, 9.17) is 5.73 Å². The number of nitrogen functional groups attached to an aromatic ring is 1. The van der Waals surface area contributed by atoms with E-state index in [1.54, 1.807) is 0 Å². The van der Waals surface area contributed by atoms with Gasteiger partial charge in [-0.15, -0.1) is 0 Å². The van der Waals surface area contributed by atoms with Crippen molar-refractivity contribution in [3.05, 3.63) is 24.3 Å². The van der Waals surface area contributed by atoms with E-state index in [1.165, 1.54) is 19.3 Å².